The van der Waals surface area contributed by atoms with Crippen molar-refractivity contribution in [2.75, 3.05) is 5.32 Å². The van der Waals surface area contributed by atoms with Crippen molar-refractivity contribution >= 4 is 58.3 Å². The van der Waals surface area contributed by atoms with Crippen LogP contribution in [0.1, 0.15) is 11.1 Å². The zero-order valence-corrected chi connectivity index (χ0v) is 18.3. The fourth-order valence-corrected chi connectivity index (χ4v) is 3.55. The SMILES string of the molecule is Cc1c(Cl)cccc1NC(=S)N/N=C\c1ccc(Sc2nncn2C)c([N+](=O)[O-])c1. The third-order valence-corrected chi connectivity index (χ3v) is 5.67. The van der Waals surface area contributed by atoms with E-state index in [1.165, 1.54) is 18.6 Å². The number of hydrogen-bond acceptors (Lipinski definition) is 7. The average Bonchev–Trinajstić information content (AvgIpc) is 3.11. The molecule has 0 aliphatic rings. The molecule has 0 radical (unpaired) electrons. The lowest BCUT2D eigenvalue weighted by Gasteiger charge is -2.10. The maximum absolute atomic E-state index is 11.5. The highest BCUT2D eigenvalue weighted by molar-refractivity contribution is 7.99. The molecule has 2 aromatic carbocycles. The van der Waals surface area contributed by atoms with E-state index in [1.807, 2.05) is 19.1 Å². The first-order chi connectivity index (χ1) is 14.3. The van der Waals surface area contributed by atoms with Gasteiger partial charge in [0, 0.05) is 29.4 Å². The lowest BCUT2D eigenvalue weighted by Crippen LogP contribution is -2.24. The van der Waals surface area contributed by atoms with E-state index in [4.69, 9.17) is 23.8 Å². The molecule has 0 bridgehead atoms. The normalized spacial score (nSPS) is 10.9. The Morgan fingerprint density at radius 1 is 1.40 bits per heavy atom. The van der Waals surface area contributed by atoms with Gasteiger partial charge in [-0.15, -0.1) is 10.2 Å². The van der Waals surface area contributed by atoms with Gasteiger partial charge >= 0.3 is 0 Å². The molecule has 9 nitrogen and oxygen atoms in total. The van der Waals surface area contributed by atoms with Crippen LogP contribution in [0.15, 0.2) is 57.9 Å². The number of rotatable bonds is 6. The Morgan fingerprint density at radius 2 is 2.20 bits per heavy atom. The van der Waals surface area contributed by atoms with Crippen LogP contribution in [0.25, 0.3) is 0 Å². The highest BCUT2D eigenvalue weighted by Gasteiger charge is 2.17. The predicted octanol–water partition coefficient (Wildman–Crippen LogP) is 4.16. The minimum absolute atomic E-state index is 0.0535. The number of nitro benzene ring substituents is 1. The third-order valence-electron chi connectivity index (χ3n) is 3.95. The second kappa shape index (κ2) is 9.65. The van der Waals surface area contributed by atoms with E-state index in [0.29, 0.717) is 20.6 Å². The molecule has 3 aromatic rings. The third kappa shape index (κ3) is 5.32. The number of nitro groups is 1. The van der Waals surface area contributed by atoms with Crippen LogP contribution in [0.4, 0.5) is 11.4 Å². The molecule has 1 heterocycles. The molecule has 30 heavy (non-hydrogen) atoms. The van der Waals surface area contributed by atoms with Gasteiger partial charge in [-0.05, 0) is 54.7 Å². The van der Waals surface area contributed by atoms with Gasteiger partial charge < -0.3 is 9.88 Å². The molecule has 0 aliphatic heterocycles. The molecular weight excluding hydrogens is 446 g/mol. The van der Waals surface area contributed by atoms with E-state index in [9.17, 15) is 10.1 Å². The summed E-state index contributed by atoms with van der Waals surface area (Å²) >= 11 is 12.5. The number of nitrogens with zero attached hydrogens (tertiary/aromatic N) is 5. The number of aryl methyl sites for hydroxylation is 1. The lowest BCUT2D eigenvalue weighted by molar-refractivity contribution is -0.387. The van der Waals surface area contributed by atoms with Gasteiger partial charge in [0.05, 0.1) is 16.0 Å². The molecule has 1 aromatic heterocycles. The van der Waals surface area contributed by atoms with Gasteiger partial charge in [0.25, 0.3) is 5.69 Å². The fraction of sp³-hybridized carbons (Fsp3) is 0.111. The first-order valence-corrected chi connectivity index (χ1v) is 10.1. The van der Waals surface area contributed by atoms with E-state index in [-0.39, 0.29) is 10.8 Å². The van der Waals surface area contributed by atoms with Gasteiger partial charge in [0.15, 0.2) is 10.3 Å². The Balaban J connectivity index is 1.68. The molecule has 0 unspecified atom stereocenters. The molecule has 3 rings (SSSR count). The fourth-order valence-electron chi connectivity index (χ4n) is 2.37. The molecule has 0 saturated heterocycles. The molecule has 0 spiro atoms. The Labute approximate surface area is 186 Å². The summed E-state index contributed by atoms with van der Waals surface area (Å²) < 4.78 is 1.68. The maximum Gasteiger partial charge on any atom is 0.283 e. The number of nitrogens with one attached hydrogen (secondary N) is 2. The Bertz CT molecular complexity index is 1130. The lowest BCUT2D eigenvalue weighted by atomic mass is 10.2. The topological polar surface area (TPSA) is 110 Å². The molecule has 0 saturated carbocycles. The summed E-state index contributed by atoms with van der Waals surface area (Å²) in [5.74, 6) is 0. The van der Waals surface area contributed by atoms with Crippen molar-refractivity contribution in [2.24, 2.45) is 12.1 Å². The molecule has 0 fully saturated rings. The van der Waals surface area contributed by atoms with Crippen LogP contribution >= 0.6 is 35.6 Å². The molecule has 0 amide bonds. The average molecular weight is 462 g/mol. The predicted molar refractivity (Wildman–Crippen MR) is 121 cm³/mol. The summed E-state index contributed by atoms with van der Waals surface area (Å²) in [6.45, 7) is 1.87. The van der Waals surface area contributed by atoms with E-state index in [2.05, 4.69) is 26.0 Å². The minimum atomic E-state index is -0.447. The largest absolute Gasteiger partial charge is 0.331 e. The molecule has 12 heteroatoms. The van der Waals surface area contributed by atoms with Crippen molar-refractivity contribution in [1.29, 1.82) is 0 Å². The highest BCUT2D eigenvalue weighted by atomic mass is 35.5. The zero-order valence-electron chi connectivity index (χ0n) is 15.9. The standard InChI is InChI=1S/C18H16ClN7O2S2/c1-11-13(19)4-3-5-14(11)22-17(29)23-20-9-12-6-7-16(15(8-12)26(27)28)30-18-24-21-10-25(18)2/h3-10H,1-2H3,(H2,22,23,29)/b20-9-. The first-order valence-electron chi connectivity index (χ1n) is 8.50. The van der Waals surface area contributed by atoms with Gasteiger partial charge in [-0.1, -0.05) is 23.7 Å². The second-order valence-electron chi connectivity index (χ2n) is 6.05. The smallest absolute Gasteiger partial charge is 0.283 e. The molecule has 0 aliphatic carbocycles. The summed E-state index contributed by atoms with van der Waals surface area (Å²) in [6, 6.07) is 10.2. The molecule has 0 atom stereocenters. The summed E-state index contributed by atoms with van der Waals surface area (Å²) in [4.78, 5) is 11.5. The Hall–Kier alpha value is -3.02. The maximum atomic E-state index is 11.5. The van der Waals surface area contributed by atoms with Gasteiger partial charge in [-0.2, -0.15) is 5.10 Å². The van der Waals surface area contributed by atoms with Crippen molar-refractivity contribution < 1.29 is 4.92 Å². The highest BCUT2D eigenvalue weighted by Crippen LogP contribution is 2.33. The molecular formula is C18H16ClN7O2S2. The van der Waals surface area contributed by atoms with Gasteiger partial charge in [-0.25, -0.2) is 0 Å². The van der Waals surface area contributed by atoms with Crippen molar-refractivity contribution in [3.63, 3.8) is 0 Å². The number of hydrazone groups is 1. The number of halogens is 1. The molecule has 2 N–H and O–H groups in total. The number of thiocarbonyl (C=S) groups is 1. The summed E-state index contributed by atoms with van der Waals surface area (Å²) in [7, 11) is 1.77. The quantitative estimate of drug-likeness (QED) is 0.244. The zero-order chi connectivity index (χ0) is 21.7. The van der Waals surface area contributed by atoms with Crippen LogP contribution < -0.4 is 10.7 Å². The van der Waals surface area contributed by atoms with Gasteiger partial charge in [0.2, 0.25) is 0 Å². The summed E-state index contributed by atoms with van der Waals surface area (Å²) in [6.07, 6.45) is 2.98. The van der Waals surface area contributed by atoms with Crippen LogP contribution in [0.5, 0.6) is 0 Å². The van der Waals surface area contributed by atoms with Gasteiger partial charge in [0.1, 0.15) is 6.33 Å². The van der Waals surface area contributed by atoms with Crippen molar-refractivity contribution in [1.82, 2.24) is 20.2 Å². The van der Waals surface area contributed by atoms with Crippen molar-refractivity contribution in [3.05, 3.63) is 69.0 Å². The summed E-state index contributed by atoms with van der Waals surface area (Å²) in [5.41, 5.74) is 4.79. The van der Waals surface area contributed by atoms with E-state index in [0.717, 1.165) is 23.0 Å². The number of aromatic nitrogens is 3. The van der Waals surface area contributed by atoms with Crippen LogP contribution in [-0.2, 0) is 7.05 Å². The van der Waals surface area contributed by atoms with Crippen LogP contribution in [0.2, 0.25) is 5.02 Å². The number of hydrogen-bond donors (Lipinski definition) is 2. The van der Waals surface area contributed by atoms with E-state index in [1.54, 1.807) is 29.8 Å². The van der Waals surface area contributed by atoms with Crippen LogP contribution in [0, 0.1) is 17.0 Å². The van der Waals surface area contributed by atoms with Gasteiger partial charge in [-0.3, -0.25) is 15.5 Å². The van der Waals surface area contributed by atoms with Crippen molar-refractivity contribution in [3.8, 4) is 0 Å². The number of benzene rings is 2. The van der Waals surface area contributed by atoms with Crippen LogP contribution in [0.3, 0.4) is 0 Å². The first kappa shape index (κ1) is 21.7. The van der Waals surface area contributed by atoms with E-state index >= 15 is 0 Å². The van der Waals surface area contributed by atoms with E-state index < -0.39 is 4.92 Å². The second-order valence-corrected chi connectivity index (χ2v) is 7.87. The Morgan fingerprint density at radius 3 is 2.90 bits per heavy atom. The van der Waals surface area contributed by atoms with Crippen LogP contribution in [-0.4, -0.2) is 31.0 Å². The number of anilines is 1. The monoisotopic (exact) mass is 461 g/mol. The minimum Gasteiger partial charge on any atom is -0.331 e. The van der Waals surface area contributed by atoms with Crippen molar-refractivity contribution in [2.45, 2.75) is 17.0 Å². The molecule has 154 valence electrons. The Kier molecular flexibility index (Phi) is 6.98. The summed E-state index contributed by atoms with van der Waals surface area (Å²) in [5, 5.41) is 27.7.